The zero-order valence-electron chi connectivity index (χ0n) is 11.0. The Bertz CT molecular complexity index is 667. The minimum atomic E-state index is 0.701. The first-order valence-corrected chi connectivity index (χ1v) is 7.41. The molecule has 0 spiro atoms. The van der Waals surface area contributed by atoms with E-state index < -0.39 is 0 Å². The average molecular weight is 270 g/mol. The van der Waals surface area contributed by atoms with Crippen molar-refractivity contribution >= 4 is 19.5 Å². The van der Waals surface area contributed by atoms with Gasteiger partial charge >= 0.3 is 0 Å². The van der Waals surface area contributed by atoms with E-state index in [1.807, 2.05) is 30.6 Å². The molecule has 0 saturated heterocycles. The molecule has 96 valence electrons. The Morgan fingerprint density at radius 1 is 1.16 bits per heavy atom. The third-order valence-electron chi connectivity index (χ3n) is 2.98. The highest BCUT2D eigenvalue weighted by atomic mass is 31.1. The predicted octanol–water partition coefficient (Wildman–Crippen LogP) is 2.25. The Hall–Kier alpha value is -1.80. The molecule has 5 heteroatoms. The first-order valence-electron chi connectivity index (χ1n) is 6.21. The zero-order valence-corrected chi connectivity index (χ0v) is 12.0. The normalized spacial score (nSPS) is 11.7. The molecule has 0 bridgehead atoms. The highest BCUT2D eigenvalue weighted by molar-refractivity contribution is 7.46. The van der Waals surface area contributed by atoms with Gasteiger partial charge in [-0.3, -0.25) is 4.98 Å². The summed E-state index contributed by atoms with van der Waals surface area (Å²) >= 11 is 0. The molecule has 1 unspecified atom stereocenters. The van der Waals surface area contributed by atoms with Crippen LogP contribution in [0.15, 0.2) is 36.5 Å². The minimum Gasteiger partial charge on any atom is -0.256 e. The molecule has 4 nitrogen and oxygen atoms in total. The predicted molar refractivity (Wildman–Crippen MR) is 78.4 cm³/mol. The number of hydrogen-bond donors (Lipinski definition) is 0. The summed E-state index contributed by atoms with van der Waals surface area (Å²) in [4.78, 5) is 8.90. The monoisotopic (exact) mass is 270 g/mol. The van der Waals surface area contributed by atoms with Crippen LogP contribution in [0.1, 0.15) is 17.2 Å². The van der Waals surface area contributed by atoms with Crippen LogP contribution in [-0.4, -0.2) is 19.6 Å². The highest BCUT2D eigenvalue weighted by Crippen LogP contribution is 2.17. The lowest BCUT2D eigenvalue weighted by Gasteiger charge is -1.98. The fourth-order valence-corrected chi connectivity index (χ4v) is 2.89. The Morgan fingerprint density at radius 3 is 2.68 bits per heavy atom. The van der Waals surface area contributed by atoms with E-state index >= 15 is 0 Å². The van der Waals surface area contributed by atoms with Gasteiger partial charge in [0.2, 0.25) is 0 Å². The van der Waals surface area contributed by atoms with Gasteiger partial charge in [-0.2, -0.15) is 5.10 Å². The molecule has 2 aromatic heterocycles. The van der Waals surface area contributed by atoms with E-state index in [1.165, 1.54) is 5.30 Å². The van der Waals surface area contributed by atoms with Gasteiger partial charge in [-0.05, 0) is 19.2 Å². The molecule has 0 radical (unpaired) electrons. The third kappa shape index (κ3) is 2.49. The second kappa shape index (κ2) is 5.06. The largest absolute Gasteiger partial charge is 0.256 e. The maximum atomic E-state index is 4.58. The van der Waals surface area contributed by atoms with Gasteiger partial charge in [0.25, 0.3) is 0 Å². The number of hydrogen-bond acceptors (Lipinski definition) is 3. The molecule has 1 aromatic carbocycles. The fraction of sp³-hybridized carbons (Fsp3) is 0.214. The molecule has 2 heterocycles. The summed E-state index contributed by atoms with van der Waals surface area (Å²) in [6.45, 7) is 3.96. The topological polar surface area (TPSA) is 43.1 Å². The molecule has 0 aliphatic carbocycles. The number of aryl methyl sites for hydroxylation is 2. The van der Waals surface area contributed by atoms with Crippen LogP contribution in [0.2, 0.25) is 0 Å². The van der Waals surface area contributed by atoms with Gasteiger partial charge in [0.05, 0.1) is 11.4 Å². The first-order chi connectivity index (χ1) is 9.24. The number of rotatable bonds is 3. The van der Waals surface area contributed by atoms with Crippen LogP contribution in [-0.2, 0) is 6.16 Å². The molecule has 0 saturated carbocycles. The SMILES string of the molecule is Cc1ncc(C)n2nc(CPc3ccccc3)nc12. The van der Waals surface area contributed by atoms with Crippen LogP contribution in [0.3, 0.4) is 0 Å². The summed E-state index contributed by atoms with van der Waals surface area (Å²) in [5.41, 5.74) is 2.81. The Labute approximate surface area is 113 Å². The van der Waals surface area contributed by atoms with Crippen molar-refractivity contribution in [1.82, 2.24) is 19.6 Å². The van der Waals surface area contributed by atoms with E-state index in [1.54, 1.807) is 0 Å². The van der Waals surface area contributed by atoms with Gasteiger partial charge in [-0.15, -0.1) is 0 Å². The quantitative estimate of drug-likeness (QED) is 0.685. The molecule has 0 amide bonds. The molecule has 3 rings (SSSR count). The number of fused-ring (bicyclic) bond motifs is 1. The van der Waals surface area contributed by atoms with Crippen molar-refractivity contribution in [3.63, 3.8) is 0 Å². The standard InChI is InChI=1S/C14H15N4P/c1-10-8-15-11(2)14-16-13(17-18(10)14)9-19-12-6-4-3-5-7-12/h3-8,19H,9H2,1-2H3. The second-order valence-corrected chi connectivity index (χ2v) is 5.75. The van der Waals surface area contributed by atoms with Crippen molar-refractivity contribution in [2.75, 3.05) is 0 Å². The highest BCUT2D eigenvalue weighted by Gasteiger charge is 2.08. The molecule has 3 aromatic rings. The van der Waals surface area contributed by atoms with Crippen LogP contribution in [0, 0.1) is 13.8 Å². The van der Waals surface area contributed by atoms with Crippen molar-refractivity contribution in [3.8, 4) is 0 Å². The maximum Gasteiger partial charge on any atom is 0.177 e. The number of aromatic nitrogens is 4. The summed E-state index contributed by atoms with van der Waals surface area (Å²) in [5.74, 6) is 0.890. The fourth-order valence-electron chi connectivity index (χ4n) is 1.95. The Morgan fingerprint density at radius 2 is 1.95 bits per heavy atom. The van der Waals surface area contributed by atoms with Gasteiger partial charge in [0.15, 0.2) is 11.5 Å². The van der Waals surface area contributed by atoms with Crippen molar-refractivity contribution in [2.24, 2.45) is 0 Å². The molecule has 19 heavy (non-hydrogen) atoms. The summed E-state index contributed by atoms with van der Waals surface area (Å²) in [6, 6.07) is 10.5. The summed E-state index contributed by atoms with van der Waals surface area (Å²) in [7, 11) is 0.701. The van der Waals surface area contributed by atoms with Crippen LogP contribution < -0.4 is 5.30 Å². The van der Waals surface area contributed by atoms with E-state index in [2.05, 4.69) is 39.3 Å². The van der Waals surface area contributed by atoms with Crippen molar-refractivity contribution < 1.29 is 0 Å². The van der Waals surface area contributed by atoms with Crippen molar-refractivity contribution in [1.29, 1.82) is 0 Å². The van der Waals surface area contributed by atoms with E-state index in [4.69, 9.17) is 0 Å². The van der Waals surface area contributed by atoms with E-state index in [-0.39, 0.29) is 0 Å². The Balaban J connectivity index is 1.86. The van der Waals surface area contributed by atoms with Crippen LogP contribution in [0.5, 0.6) is 0 Å². The zero-order chi connectivity index (χ0) is 13.2. The van der Waals surface area contributed by atoms with Crippen LogP contribution in [0.25, 0.3) is 5.65 Å². The van der Waals surface area contributed by atoms with E-state index in [0.717, 1.165) is 29.0 Å². The smallest absolute Gasteiger partial charge is 0.177 e. The third-order valence-corrected chi connectivity index (χ3v) is 4.21. The lowest BCUT2D eigenvalue weighted by atomic mass is 10.4. The van der Waals surface area contributed by atoms with Gasteiger partial charge < -0.3 is 0 Å². The Kier molecular flexibility index (Phi) is 3.26. The van der Waals surface area contributed by atoms with E-state index in [0.29, 0.717) is 8.58 Å². The molecule has 0 aliphatic heterocycles. The lowest BCUT2D eigenvalue weighted by Crippen LogP contribution is -1.97. The van der Waals surface area contributed by atoms with Crippen LogP contribution >= 0.6 is 8.58 Å². The van der Waals surface area contributed by atoms with Gasteiger partial charge in [0, 0.05) is 12.4 Å². The van der Waals surface area contributed by atoms with Crippen molar-refractivity contribution in [3.05, 3.63) is 53.7 Å². The number of nitrogens with zero attached hydrogens (tertiary/aromatic N) is 4. The van der Waals surface area contributed by atoms with Crippen molar-refractivity contribution in [2.45, 2.75) is 20.0 Å². The summed E-state index contributed by atoms with van der Waals surface area (Å²) in [6.07, 6.45) is 2.71. The molecule has 0 fully saturated rings. The number of benzene rings is 1. The maximum absolute atomic E-state index is 4.58. The summed E-state index contributed by atoms with van der Waals surface area (Å²) in [5, 5.41) is 5.90. The molecule has 0 aliphatic rings. The second-order valence-electron chi connectivity index (χ2n) is 4.47. The van der Waals surface area contributed by atoms with Gasteiger partial charge in [-0.25, -0.2) is 9.50 Å². The lowest BCUT2D eigenvalue weighted by molar-refractivity contribution is 0.868. The molecular weight excluding hydrogens is 255 g/mol. The first kappa shape index (κ1) is 12.2. The van der Waals surface area contributed by atoms with Gasteiger partial charge in [0.1, 0.15) is 0 Å². The van der Waals surface area contributed by atoms with Gasteiger partial charge in [-0.1, -0.05) is 38.9 Å². The molecular formula is C14H15N4P. The molecule has 0 N–H and O–H groups in total. The average Bonchev–Trinajstić information content (AvgIpc) is 2.87. The summed E-state index contributed by atoms with van der Waals surface area (Å²) < 4.78 is 1.88. The van der Waals surface area contributed by atoms with E-state index in [9.17, 15) is 0 Å². The minimum absolute atomic E-state index is 0.701. The van der Waals surface area contributed by atoms with Crippen LogP contribution in [0.4, 0.5) is 0 Å². The molecule has 1 atom stereocenters.